The van der Waals surface area contributed by atoms with Crippen LogP contribution in [0.1, 0.15) is 26.2 Å². The first-order valence-electron chi connectivity index (χ1n) is 6.08. The van der Waals surface area contributed by atoms with E-state index in [4.69, 9.17) is 10.2 Å². The summed E-state index contributed by atoms with van der Waals surface area (Å²) in [5.74, 6) is 0. The maximum atomic E-state index is 9.52. The van der Waals surface area contributed by atoms with Gasteiger partial charge in [0.05, 0.1) is 12.7 Å². The predicted molar refractivity (Wildman–Crippen MR) is 63.5 cm³/mol. The zero-order chi connectivity index (χ0) is 13.3. The first kappa shape index (κ1) is 16.8. The Bertz CT molecular complexity index is 181. The van der Waals surface area contributed by atoms with Crippen molar-refractivity contribution in [3.05, 3.63) is 0 Å². The predicted octanol–water partition coefficient (Wildman–Crippen LogP) is -1.80. The molecule has 0 aliphatic rings. The molecule has 6 nitrogen and oxygen atoms in total. The van der Waals surface area contributed by atoms with E-state index in [0.29, 0.717) is 0 Å². The fourth-order valence-corrected chi connectivity index (χ4v) is 1.43. The molecule has 6 heteroatoms. The molecule has 0 aromatic carbocycles. The molecule has 0 rings (SSSR count). The Morgan fingerprint density at radius 2 is 1.53 bits per heavy atom. The third kappa shape index (κ3) is 6.92. The van der Waals surface area contributed by atoms with Gasteiger partial charge in [-0.05, 0) is 13.0 Å². The molecule has 0 aliphatic carbocycles. The smallest absolute Gasteiger partial charge is 0.111 e. The average molecular weight is 251 g/mol. The molecule has 0 saturated carbocycles. The van der Waals surface area contributed by atoms with E-state index in [1.165, 1.54) is 0 Å². The third-order valence-corrected chi connectivity index (χ3v) is 2.64. The summed E-state index contributed by atoms with van der Waals surface area (Å²) in [6.07, 6.45) is -2.46. The highest BCUT2D eigenvalue weighted by Crippen LogP contribution is 2.04. The van der Waals surface area contributed by atoms with Gasteiger partial charge in [-0.2, -0.15) is 0 Å². The summed E-state index contributed by atoms with van der Waals surface area (Å²) in [6, 6.07) is 0. The molecule has 0 spiro atoms. The molecule has 0 bridgehead atoms. The number of unbranched alkanes of at least 4 members (excludes halogenated alkanes) is 2. The maximum absolute atomic E-state index is 9.52. The van der Waals surface area contributed by atoms with Crippen molar-refractivity contribution in [1.82, 2.24) is 5.32 Å². The molecule has 6 N–H and O–H groups in total. The molecule has 0 saturated heterocycles. The Morgan fingerprint density at radius 3 is 2.06 bits per heavy atom. The van der Waals surface area contributed by atoms with Crippen molar-refractivity contribution in [3.63, 3.8) is 0 Å². The molecule has 0 aromatic rings. The minimum Gasteiger partial charge on any atom is -0.394 e. The summed E-state index contributed by atoms with van der Waals surface area (Å²) < 4.78 is 0. The lowest BCUT2D eigenvalue weighted by Crippen LogP contribution is -2.49. The molecule has 0 unspecified atom stereocenters. The molecule has 17 heavy (non-hydrogen) atoms. The molecule has 0 fully saturated rings. The van der Waals surface area contributed by atoms with Gasteiger partial charge in [0.25, 0.3) is 0 Å². The van der Waals surface area contributed by atoms with Crippen LogP contribution in [0.4, 0.5) is 0 Å². The summed E-state index contributed by atoms with van der Waals surface area (Å²) in [7, 11) is 0. The Hall–Kier alpha value is -0.240. The summed E-state index contributed by atoms with van der Waals surface area (Å²) in [4.78, 5) is 0. The Labute approximate surface area is 102 Å². The Balaban J connectivity index is 3.76. The number of hydrogen-bond donors (Lipinski definition) is 6. The summed E-state index contributed by atoms with van der Waals surface area (Å²) in [6.45, 7) is 2.30. The van der Waals surface area contributed by atoms with Crippen molar-refractivity contribution in [3.8, 4) is 0 Å². The van der Waals surface area contributed by atoms with Gasteiger partial charge in [0.15, 0.2) is 0 Å². The monoisotopic (exact) mass is 251 g/mol. The topological polar surface area (TPSA) is 113 Å². The largest absolute Gasteiger partial charge is 0.394 e. The van der Waals surface area contributed by atoms with Crippen LogP contribution < -0.4 is 5.32 Å². The molecule has 0 heterocycles. The van der Waals surface area contributed by atoms with Crippen molar-refractivity contribution >= 4 is 0 Å². The summed E-state index contributed by atoms with van der Waals surface area (Å²) >= 11 is 0. The number of hydrogen-bond acceptors (Lipinski definition) is 6. The summed E-state index contributed by atoms with van der Waals surface area (Å²) in [5, 5.41) is 49.0. The van der Waals surface area contributed by atoms with Crippen LogP contribution in [0.5, 0.6) is 0 Å². The van der Waals surface area contributed by atoms with Gasteiger partial charge in [-0.15, -0.1) is 0 Å². The van der Waals surface area contributed by atoms with Gasteiger partial charge in [0.1, 0.15) is 18.3 Å². The van der Waals surface area contributed by atoms with E-state index in [-0.39, 0.29) is 6.54 Å². The van der Waals surface area contributed by atoms with E-state index in [2.05, 4.69) is 12.2 Å². The molecular weight excluding hydrogens is 226 g/mol. The highest BCUT2D eigenvalue weighted by Gasteiger charge is 2.29. The Kier molecular flexibility index (Phi) is 9.62. The van der Waals surface area contributed by atoms with Crippen LogP contribution in [0.2, 0.25) is 0 Å². The molecule has 4 atom stereocenters. The summed E-state index contributed by atoms with van der Waals surface area (Å²) in [5.41, 5.74) is 0. The lowest BCUT2D eigenvalue weighted by atomic mass is 10.0. The number of aliphatic hydroxyl groups excluding tert-OH is 5. The van der Waals surface area contributed by atoms with Crippen LogP contribution in [-0.4, -0.2) is 69.6 Å². The standard InChI is InChI=1S/C11H25NO5/c1-2-3-4-5-12-6-8(14)10(16)11(17)9(15)7-13/h8-17H,2-7H2,1H3/t8-,9+,10+,11+/m0/s1. The minimum absolute atomic E-state index is 0.139. The third-order valence-electron chi connectivity index (χ3n) is 2.64. The second-order valence-corrected chi connectivity index (χ2v) is 4.21. The first-order valence-corrected chi connectivity index (χ1v) is 6.08. The second-order valence-electron chi connectivity index (χ2n) is 4.21. The zero-order valence-electron chi connectivity index (χ0n) is 10.3. The molecule has 0 aliphatic heterocycles. The van der Waals surface area contributed by atoms with Crippen LogP contribution in [0, 0.1) is 0 Å². The zero-order valence-corrected chi connectivity index (χ0v) is 10.3. The van der Waals surface area contributed by atoms with Gasteiger partial charge < -0.3 is 30.8 Å². The Morgan fingerprint density at radius 1 is 0.941 bits per heavy atom. The van der Waals surface area contributed by atoms with Gasteiger partial charge in [-0.1, -0.05) is 19.8 Å². The molecule has 104 valence electrons. The quantitative estimate of drug-likeness (QED) is 0.255. The van der Waals surface area contributed by atoms with Crippen LogP contribution in [0.3, 0.4) is 0 Å². The van der Waals surface area contributed by atoms with Gasteiger partial charge in [-0.3, -0.25) is 0 Å². The average Bonchev–Trinajstić information content (AvgIpc) is 2.35. The van der Waals surface area contributed by atoms with E-state index in [1.807, 2.05) is 0 Å². The minimum atomic E-state index is -1.55. The van der Waals surface area contributed by atoms with Crippen LogP contribution in [0.25, 0.3) is 0 Å². The lowest BCUT2D eigenvalue weighted by molar-refractivity contribution is -0.113. The normalized spacial score (nSPS) is 18.7. The van der Waals surface area contributed by atoms with E-state index < -0.39 is 31.0 Å². The van der Waals surface area contributed by atoms with E-state index in [1.54, 1.807) is 0 Å². The maximum Gasteiger partial charge on any atom is 0.111 e. The number of nitrogens with one attached hydrogen (secondary N) is 1. The number of rotatable bonds is 10. The van der Waals surface area contributed by atoms with Crippen molar-refractivity contribution < 1.29 is 25.5 Å². The lowest BCUT2D eigenvalue weighted by Gasteiger charge is -2.25. The van der Waals surface area contributed by atoms with E-state index in [9.17, 15) is 15.3 Å². The highest BCUT2D eigenvalue weighted by atomic mass is 16.4. The van der Waals surface area contributed by atoms with Crippen molar-refractivity contribution in [2.45, 2.75) is 50.6 Å². The van der Waals surface area contributed by atoms with Gasteiger partial charge in [0, 0.05) is 6.54 Å². The number of aliphatic hydroxyl groups is 5. The van der Waals surface area contributed by atoms with Crippen LogP contribution >= 0.6 is 0 Å². The molecule has 0 aromatic heterocycles. The van der Waals surface area contributed by atoms with Crippen LogP contribution in [0.15, 0.2) is 0 Å². The van der Waals surface area contributed by atoms with Crippen molar-refractivity contribution in [2.24, 2.45) is 0 Å². The highest BCUT2D eigenvalue weighted by molar-refractivity contribution is 4.81. The first-order chi connectivity index (χ1) is 8.04. The van der Waals surface area contributed by atoms with Gasteiger partial charge in [-0.25, -0.2) is 0 Å². The van der Waals surface area contributed by atoms with E-state index >= 15 is 0 Å². The molecule has 0 radical (unpaired) electrons. The van der Waals surface area contributed by atoms with Crippen molar-refractivity contribution in [1.29, 1.82) is 0 Å². The SMILES string of the molecule is CCCCCNC[C@H](O)[C@@H](O)[C@H](O)[C@H](O)CO. The van der Waals surface area contributed by atoms with Crippen LogP contribution in [-0.2, 0) is 0 Å². The van der Waals surface area contributed by atoms with E-state index in [0.717, 1.165) is 25.8 Å². The fraction of sp³-hybridized carbons (Fsp3) is 1.00. The van der Waals surface area contributed by atoms with Crippen molar-refractivity contribution in [2.75, 3.05) is 19.7 Å². The fourth-order valence-electron chi connectivity index (χ4n) is 1.43. The van der Waals surface area contributed by atoms with Gasteiger partial charge in [0.2, 0.25) is 0 Å². The molecular formula is C11H25NO5. The van der Waals surface area contributed by atoms with Gasteiger partial charge >= 0.3 is 0 Å². The molecule has 0 amide bonds. The second kappa shape index (κ2) is 9.76.